The van der Waals surface area contributed by atoms with Crippen LogP contribution in [0.2, 0.25) is 0 Å². The third-order valence-electron chi connectivity index (χ3n) is 8.37. The maximum Gasteiger partial charge on any atom is 0.416 e. The molecule has 3 rings (SSSR count). The minimum atomic E-state index is -4.78. The molecule has 1 unspecified atom stereocenters. The second kappa shape index (κ2) is 14.6. The summed E-state index contributed by atoms with van der Waals surface area (Å²) < 4.78 is 58.5. The van der Waals surface area contributed by atoms with Crippen molar-refractivity contribution >= 4 is 11.9 Å². The summed E-state index contributed by atoms with van der Waals surface area (Å²) in [6.07, 6.45) is -4.04. The molecule has 2 N–H and O–H groups in total. The van der Waals surface area contributed by atoms with Crippen molar-refractivity contribution in [3.8, 4) is 11.1 Å². The maximum atomic E-state index is 15.8. The van der Waals surface area contributed by atoms with Crippen LogP contribution in [0.4, 0.5) is 17.6 Å². The van der Waals surface area contributed by atoms with Crippen LogP contribution in [0.3, 0.4) is 0 Å². The van der Waals surface area contributed by atoms with E-state index in [2.05, 4.69) is 5.32 Å². The molecule has 1 aromatic heterocycles. The van der Waals surface area contributed by atoms with Gasteiger partial charge in [-0.25, -0.2) is 4.39 Å². The molecule has 3 atom stereocenters. The minimum Gasteiger partial charge on any atom is -0.481 e. The zero-order valence-corrected chi connectivity index (χ0v) is 27.6. The average molecular weight is 646 g/mol. The highest BCUT2D eigenvalue weighted by atomic mass is 19.4. The van der Waals surface area contributed by atoms with Gasteiger partial charge < -0.3 is 19.9 Å². The number of aliphatic carboxylic acids is 1. The molecular weight excluding hydrogens is 602 g/mol. The van der Waals surface area contributed by atoms with Gasteiger partial charge in [0, 0.05) is 24.4 Å². The van der Waals surface area contributed by atoms with Crippen LogP contribution in [0.25, 0.3) is 11.1 Å². The van der Waals surface area contributed by atoms with E-state index in [-0.39, 0.29) is 29.7 Å². The quantitative estimate of drug-likeness (QED) is 0.209. The summed E-state index contributed by atoms with van der Waals surface area (Å²) in [5.41, 5.74) is 2.40. The molecule has 0 radical (unpaired) electrons. The summed E-state index contributed by atoms with van der Waals surface area (Å²) in [7, 11) is 3.41. The average Bonchev–Trinajstić information content (AvgIpc) is 2.92. The highest BCUT2D eigenvalue weighted by Gasteiger charge is 2.37. The van der Waals surface area contributed by atoms with E-state index in [4.69, 9.17) is 0 Å². The van der Waals surface area contributed by atoms with Crippen molar-refractivity contribution in [2.24, 2.45) is 5.92 Å². The van der Waals surface area contributed by atoms with E-state index in [0.717, 1.165) is 33.0 Å². The topological polar surface area (TPSA) is 91.6 Å². The summed E-state index contributed by atoms with van der Waals surface area (Å²) in [5.74, 6) is -3.33. The van der Waals surface area contributed by atoms with E-state index < -0.39 is 59.4 Å². The smallest absolute Gasteiger partial charge is 0.416 e. The van der Waals surface area contributed by atoms with E-state index in [1.54, 1.807) is 45.8 Å². The Morgan fingerprint density at radius 3 is 2.13 bits per heavy atom. The molecule has 46 heavy (non-hydrogen) atoms. The molecule has 0 aliphatic heterocycles. The van der Waals surface area contributed by atoms with Crippen LogP contribution in [-0.2, 0) is 22.2 Å². The zero-order chi connectivity index (χ0) is 34.7. The summed E-state index contributed by atoms with van der Waals surface area (Å²) in [4.78, 5) is 40.9. The van der Waals surface area contributed by atoms with Gasteiger partial charge in [0.15, 0.2) is 0 Å². The fourth-order valence-corrected chi connectivity index (χ4v) is 6.00. The Balaban J connectivity index is 2.16. The molecule has 0 aliphatic carbocycles. The van der Waals surface area contributed by atoms with E-state index in [9.17, 15) is 32.7 Å². The number of halogens is 4. The van der Waals surface area contributed by atoms with Crippen LogP contribution in [-0.4, -0.2) is 47.1 Å². The third-order valence-corrected chi connectivity index (χ3v) is 8.37. The van der Waals surface area contributed by atoms with Crippen molar-refractivity contribution in [3.05, 3.63) is 91.6 Å². The normalized spacial score (nSPS) is 13.8. The monoisotopic (exact) mass is 645 g/mol. The van der Waals surface area contributed by atoms with E-state index in [1.807, 2.05) is 32.9 Å². The number of carbonyl (C=O) groups excluding carboxylic acids is 1. The van der Waals surface area contributed by atoms with Gasteiger partial charge in [-0.3, -0.25) is 14.4 Å². The van der Waals surface area contributed by atoms with Crippen molar-refractivity contribution in [2.45, 2.75) is 79.1 Å². The lowest BCUT2D eigenvalue weighted by atomic mass is 9.89. The first kappa shape index (κ1) is 36.5. The summed E-state index contributed by atoms with van der Waals surface area (Å²) >= 11 is 0. The number of nitrogens with zero attached hydrogens (tertiary/aromatic N) is 2. The first-order chi connectivity index (χ1) is 21.3. The number of aromatic nitrogens is 1. The SMILES string of the molecule is CC[C@@H](C)C(C(=O)N[C@@H](CC(=O)O)c1cc(-c2c(C)cc(C)cc2C)cc(C)c1F)n1cc(CCN(C)C)c(C(F)(F)F)cc1=O. The lowest BCUT2D eigenvalue weighted by Crippen LogP contribution is -2.42. The van der Waals surface area contributed by atoms with Gasteiger partial charge in [-0.1, -0.05) is 38.0 Å². The zero-order valence-electron chi connectivity index (χ0n) is 27.6. The van der Waals surface area contributed by atoms with Gasteiger partial charge >= 0.3 is 12.1 Å². The molecule has 0 saturated carbocycles. The summed E-state index contributed by atoms with van der Waals surface area (Å²) in [6.45, 7) is 11.1. The number of carboxylic acids is 1. The molecule has 2 aromatic carbocycles. The Labute approximate surface area is 267 Å². The number of carboxylic acid groups (broad SMARTS) is 1. The number of pyridine rings is 1. The predicted octanol–water partition coefficient (Wildman–Crippen LogP) is 6.93. The summed E-state index contributed by atoms with van der Waals surface area (Å²) in [6, 6.07) is 5.06. The standard InChI is InChI=1S/C35H43F4N3O4/c1-9-20(3)33(42-18-24(10-11-41(7)8)27(16-29(42)43)35(37,38)39)34(46)40-28(17-30(44)45)26-15-25(14-23(6)32(26)36)31-21(4)12-19(2)13-22(31)5/h12-16,18,20,28,33H,9-11,17H2,1-8H3,(H,40,46)(H,44,45)/t20-,28+,33?/m1/s1. The Morgan fingerprint density at radius 1 is 1.00 bits per heavy atom. The van der Waals surface area contributed by atoms with Crippen molar-refractivity contribution in [1.82, 2.24) is 14.8 Å². The van der Waals surface area contributed by atoms with Crippen molar-refractivity contribution < 1.29 is 32.3 Å². The number of likely N-dealkylation sites (N-methyl/N-ethyl adjacent to an activating group) is 1. The largest absolute Gasteiger partial charge is 0.481 e. The molecule has 1 amide bonds. The van der Waals surface area contributed by atoms with Gasteiger partial charge in [0.2, 0.25) is 5.91 Å². The lowest BCUT2D eigenvalue weighted by molar-refractivity contribution is -0.139. The number of carbonyl (C=O) groups is 2. The molecule has 0 spiro atoms. The van der Waals surface area contributed by atoms with Crippen LogP contribution in [0.15, 0.2) is 41.3 Å². The van der Waals surface area contributed by atoms with Gasteiger partial charge in [-0.15, -0.1) is 0 Å². The van der Waals surface area contributed by atoms with Gasteiger partial charge in [0.05, 0.1) is 18.0 Å². The molecule has 0 aliphatic rings. The number of nitrogens with one attached hydrogen (secondary N) is 1. The van der Waals surface area contributed by atoms with Crippen LogP contribution < -0.4 is 10.9 Å². The maximum absolute atomic E-state index is 15.8. The van der Waals surface area contributed by atoms with E-state index in [1.165, 1.54) is 6.07 Å². The van der Waals surface area contributed by atoms with Gasteiger partial charge in [0.25, 0.3) is 5.56 Å². The molecule has 0 bridgehead atoms. The number of benzene rings is 2. The molecule has 7 nitrogen and oxygen atoms in total. The highest BCUT2D eigenvalue weighted by Crippen LogP contribution is 2.35. The molecule has 1 heterocycles. The summed E-state index contributed by atoms with van der Waals surface area (Å²) in [5, 5.41) is 12.4. The molecule has 0 saturated heterocycles. The number of aryl methyl sites for hydroxylation is 4. The number of hydrogen-bond donors (Lipinski definition) is 2. The molecule has 250 valence electrons. The van der Waals surface area contributed by atoms with Gasteiger partial charge in [-0.05, 0) is 99.6 Å². The number of amides is 1. The third kappa shape index (κ3) is 8.43. The number of rotatable bonds is 12. The fraction of sp³-hybridized carbons (Fsp3) is 0.457. The number of alkyl halides is 3. The Morgan fingerprint density at radius 2 is 1.61 bits per heavy atom. The predicted molar refractivity (Wildman–Crippen MR) is 170 cm³/mol. The highest BCUT2D eigenvalue weighted by molar-refractivity contribution is 5.82. The van der Waals surface area contributed by atoms with Crippen molar-refractivity contribution in [3.63, 3.8) is 0 Å². The van der Waals surface area contributed by atoms with Crippen molar-refractivity contribution in [1.29, 1.82) is 0 Å². The molecule has 11 heteroatoms. The first-order valence-corrected chi connectivity index (χ1v) is 15.2. The van der Waals surface area contributed by atoms with Crippen molar-refractivity contribution in [2.75, 3.05) is 20.6 Å². The second-order valence-electron chi connectivity index (χ2n) is 12.5. The van der Waals surface area contributed by atoms with Crippen LogP contribution in [0, 0.1) is 39.4 Å². The molecule has 0 fully saturated rings. The van der Waals surface area contributed by atoms with Crippen LogP contribution >= 0.6 is 0 Å². The number of hydrogen-bond acceptors (Lipinski definition) is 4. The van der Waals surface area contributed by atoms with E-state index in [0.29, 0.717) is 18.1 Å². The Bertz CT molecular complexity index is 1640. The Kier molecular flexibility index (Phi) is 11.6. The van der Waals surface area contributed by atoms with Crippen LogP contribution in [0.1, 0.15) is 77.7 Å². The van der Waals surface area contributed by atoms with Crippen LogP contribution in [0.5, 0.6) is 0 Å². The van der Waals surface area contributed by atoms with E-state index >= 15 is 4.39 Å². The van der Waals surface area contributed by atoms with Gasteiger partial charge in [0.1, 0.15) is 11.9 Å². The van der Waals surface area contributed by atoms with Gasteiger partial charge in [-0.2, -0.15) is 13.2 Å². The minimum absolute atomic E-state index is 0.0340. The second-order valence-corrected chi connectivity index (χ2v) is 12.5. The molecule has 3 aromatic rings. The first-order valence-electron chi connectivity index (χ1n) is 15.2. The Hall–Kier alpha value is -3.99. The fourth-order valence-electron chi connectivity index (χ4n) is 6.00. The molecular formula is C35H43F4N3O4. The lowest BCUT2D eigenvalue weighted by Gasteiger charge is -2.29.